The lowest BCUT2D eigenvalue weighted by molar-refractivity contribution is 0.0696. The summed E-state index contributed by atoms with van der Waals surface area (Å²) in [5, 5.41) is 8.94. The zero-order chi connectivity index (χ0) is 14.7. The molecule has 2 aromatic heterocycles. The number of hydrogen-bond donors (Lipinski definition) is 1. The molecule has 0 atom stereocenters. The molecule has 6 nitrogen and oxygen atoms in total. The van der Waals surface area contributed by atoms with Crippen LogP contribution in [0, 0.1) is 6.92 Å². The highest BCUT2D eigenvalue weighted by Crippen LogP contribution is 2.13. The molecule has 6 heteroatoms. The molecule has 2 rings (SSSR count). The van der Waals surface area contributed by atoms with E-state index in [0.717, 1.165) is 5.69 Å². The van der Waals surface area contributed by atoms with Gasteiger partial charge < -0.3 is 14.4 Å². The maximum Gasteiger partial charge on any atom is 0.337 e. The molecule has 20 heavy (non-hydrogen) atoms. The fraction of sp³-hybridized carbons (Fsp3) is 0.214. The maximum atomic E-state index is 11.7. The van der Waals surface area contributed by atoms with Gasteiger partial charge in [-0.15, -0.1) is 0 Å². The van der Waals surface area contributed by atoms with Crippen molar-refractivity contribution in [2.45, 2.75) is 13.5 Å². The van der Waals surface area contributed by atoms with Crippen molar-refractivity contribution in [1.29, 1.82) is 0 Å². The van der Waals surface area contributed by atoms with Gasteiger partial charge in [0.25, 0.3) is 5.56 Å². The Kier molecular flexibility index (Phi) is 3.84. The highest BCUT2D eigenvalue weighted by molar-refractivity contribution is 5.87. The van der Waals surface area contributed by atoms with Crippen LogP contribution < -0.4 is 10.3 Å². The van der Waals surface area contributed by atoms with Crippen LogP contribution in [0.3, 0.4) is 0 Å². The number of rotatable bonds is 4. The Morgan fingerprint density at radius 3 is 2.80 bits per heavy atom. The Balaban J connectivity index is 2.39. The number of ether oxygens (including phenoxy) is 1. The molecular weight excluding hydrogens is 260 g/mol. The summed E-state index contributed by atoms with van der Waals surface area (Å²) < 4.78 is 6.45. The summed E-state index contributed by atoms with van der Waals surface area (Å²) in [4.78, 5) is 27.0. The summed E-state index contributed by atoms with van der Waals surface area (Å²) in [7, 11) is 1.55. The largest absolute Gasteiger partial charge is 0.497 e. The molecule has 0 unspecified atom stereocenters. The second-order valence-corrected chi connectivity index (χ2v) is 4.33. The average molecular weight is 274 g/mol. The van der Waals surface area contributed by atoms with E-state index < -0.39 is 5.97 Å². The molecule has 0 fully saturated rings. The third kappa shape index (κ3) is 3.03. The van der Waals surface area contributed by atoms with Crippen LogP contribution in [-0.2, 0) is 6.54 Å². The molecule has 2 heterocycles. The molecule has 0 aliphatic rings. The normalized spacial score (nSPS) is 10.3. The van der Waals surface area contributed by atoms with E-state index in [0.29, 0.717) is 11.4 Å². The van der Waals surface area contributed by atoms with E-state index >= 15 is 0 Å². The van der Waals surface area contributed by atoms with Gasteiger partial charge in [-0.25, -0.2) is 4.79 Å². The number of aromatic nitrogens is 2. The number of carbonyl (C=O) groups is 1. The molecule has 0 spiro atoms. The third-order valence-electron chi connectivity index (χ3n) is 2.78. The van der Waals surface area contributed by atoms with E-state index in [-0.39, 0.29) is 17.7 Å². The molecule has 0 bridgehead atoms. The highest BCUT2D eigenvalue weighted by Gasteiger charge is 2.07. The van der Waals surface area contributed by atoms with E-state index in [9.17, 15) is 9.59 Å². The predicted octanol–water partition coefficient (Wildman–Crippen LogP) is 1.31. The first-order chi connectivity index (χ1) is 9.49. The van der Waals surface area contributed by atoms with E-state index in [1.54, 1.807) is 19.2 Å². The first-order valence-corrected chi connectivity index (χ1v) is 5.95. The molecule has 0 aliphatic heterocycles. The SMILES string of the molecule is COc1cc(C)nc(Cn2cc(C(=O)O)ccc2=O)c1. The Morgan fingerprint density at radius 1 is 1.40 bits per heavy atom. The van der Waals surface area contributed by atoms with Gasteiger partial charge in [0.1, 0.15) is 5.75 Å². The van der Waals surface area contributed by atoms with Crippen molar-refractivity contribution >= 4 is 5.97 Å². The summed E-state index contributed by atoms with van der Waals surface area (Å²) in [5.74, 6) is -0.427. The van der Waals surface area contributed by atoms with Crippen molar-refractivity contribution < 1.29 is 14.6 Å². The molecule has 2 aromatic rings. The molecule has 0 saturated heterocycles. The second kappa shape index (κ2) is 5.56. The van der Waals surface area contributed by atoms with Crippen molar-refractivity contribution in [3.63, 3.8) is 0 Å². The predicted molar refractivity (Wildman–Crippen MR) is 72.3 cm³/mol. The number of methoxy groups -OCH3 is 1. The lowest BCUT2D eigenvalue weighted by atomic mass is 10.2. The van der Waals surface area contributed by atoms with Gasteiger partial charge in [0, 0.05) is 30.1 Å². The third-order valence-corrected chi connectivity index (χ3v) is 2.78. The second-order valence-electron chi connectivity index (χ2n) is 4.33. The van der Waals surface area contributed by atoms with Crippen molar-refractivity contribution in [2.24, 2.45) is 0 Å². The van der Waals surface area contributed by atoms with Gasteiger partial charge in [-0.2, -0.15) is 0 Å². The number of aromatic carboxylic acids is 1. The van der Waals surface area contributed by atoms with Crippen LogP contribution in [-0.4, -0.2) is 27.7 Å². The zero-order valence-electron chi connectivity index (χ0n) is 11.2. The number of pyridine rings is 2. The van der Waals surface area contributed by atoms with Gasteiger partial charge in [-0.05, 0) is 13.0 Å². The van der Waals surface area contributed by atoms with Crippen LogP contribution >= 0.6 is 0 Å². The maximum absolute atomic E-state index is 11.7. The molecule has 104 valence electrons. The molecule has 0 radical (unpaired) electrons. The number of aryl methyl sites for hydroxylation is 1. The van der Waals surface area contributed by atoms with E-state index in [2.05, 4.69) is 4.98 Å². The molecule has 1 N–H and O–H groups in total. The minimum absolute atomic E-state index is 0.0595. The fourth-order valence-corrected chi connectivity index (χ4v) is 1.86. The first kappa shape index (κ1) is 13.8. The monoisotopic (exact) mass is 274 g/mol. The minimum Gasteiger partial charge on any atom is -0.497 e. The number of hydrogen-bond acceptors (Lipinski definition) is 4. The van der Waals surface area contributed by atoms with E-state index in [4.69, 9.17) is 9.84 Å². The van der Waals surface area contributed by atoms with Gasteiger partial charge in [-0.1, -0.05) is 0 Å². The van der Waals surface area contributed by atoms with Gasteiger partial charge >= 0.3 is 5.97 Å². The lowest BCUT2D eigenvalue weighted by Gasteiger charge is -2.08. The Labute approximate surface area is 115 Å². The smallest absolute Gasteiger partial charge is 0.337 e. The molecule has 0 aliphatic carbocycles. The van der Waals surface area contributed by atoms with Gasteiger partial charge in [0.05, 0.1) is 24.9 Å². The lowest BCUT2D eigenvalue weighted by Crippen LogP contribution is -2.21. The quantitative estimate of drug-likeness (QED) is 0.909. The van der Waals surface area contributed by atoms with Crippen LogP contribution in [0.2, 0.25) is 0 Å². The van der Waals surface area contributed by atoms with Crippen LogP contribution in [0.4, 0.5) is 0 Å². The number of nitrogens with zero attached hydrogens (tertiary/aromatic N) is 2. The van der Waals surface area contributed by atoms with Crippen molar-refractivity contribution in [2.75, 3.05) is 7.11 Å². The van der Waals surface area contributed by atoms with Crippen LogP contribution in [0.25, 0.3) is 0 Å². The summed E-state index contributed by atoms with van der Waals surface area (Å²) in [6.07, 6.45) is 1.31. The Morgan fingerprint density at radius 2 is 2.15 bits per heavy atom. The molecule has 0 saturated carbocycles. The average Bonchev–Trinajstić information content (AvgIpc) is 2.40. The topological polar surface area (TPSA) is 81.4 Å². The van der Waals surface area contributed by atoms with Crippen molar-refractivity contribution in [1.82, 2.24) is 9.55 Å². The number of carboxylic acids is 1. The van der Waals surface area contributed by atoms with Crippen molar-refractivity contribution in [3.05, 3.63) is 57.8 Å². The van der Waals surface area contributed by atoms with Crippen molar-refractivity contribution in [3.8, 4) is 5.75 Å². The van der Waals surface area contributed by atoms with E-state index in [1.165, 1.54) is 22.9 Å². The molecule has 0 amide bonds. The van der Waals surface area contributed by atoms with Crippen LogP contribution in [0.5, 0.6) is 5.75 Å². The minimum atomic E-state index is -1.08. The van der Waals surface area contributed by atoms with Gasteiger partial charge in [0.15, 0.2) is 0 Å². The Hall–Kier alpha value is -2.63. The van der Waals surface area contributed by atoms with E-state index in [1.807, 2.05) is 6.92 Å². The molecule has 0 aromatic carbocycles. The van der Waals surface area contributed by atoms with Gasteiger partial charge in [-0.3, -0.25) is 9.78 Å². The summed E-state index contributed by atoms with van der Waals surface area (Å²) in [6.45, 7) is 2.01. The molecular formula is C14H14N2O4. The summed E-state index contributed by atoms with van der Waals surface area (Å²) >= 11 is 0. The standard InChI is InChI=1S/C14H14N2O4/c1-9-5-12(20-2)6-11(15-9)8-16-7-10(14(18)19)3-4-13(16)17/h3-7H,8H2,1-2H3,(H,18,19). The zero-order valence-corrected chi connectivity index (χ0v) is 11.2. The van der Waals surface area contributed by atoms with Crippen LogP contribution in [0.15, 0.2) is 35.3 Å². The summed E-state index contributed by atoms with van der Waals surface area (Å²) in [5.41, 5.74) is 1.18. The first-order valence-electron chi connectivity index (χ1n) is 5.95. The van der Waals surface area contributed by atoms with Gasteiger partial charge in [0.2, 0.25) is 0 Å². The highest BCUT2D eigenvalue weighted by atomic mass is 16.5. The number of carboxylic acid groups (broad SMARTS) is 1. The summed E-state index contributed by atoms with van der Waals surface area (Å²) in [6, 6.07) is 6.01. The Bertz CT molecular complexity index is 707. The fourth-order valence-electron chi connectivity index (χ4n) is 1.86. The van der Waals surface area contributed by atoms with Crippen LogP contribution in [0.1, 0.15) is 21.7 Å².